The Kier molecular flexibility index (Phi) is 5.36. The molecule has 2 aromatic rings. The number of aryl methyl sites for hydroxylation is 2. The van der Waals surface area contributed by atoms with Crippen molar-refractivity contribution in [1.82, 2.24) is 15.1 Å². The molecule has 0 aliphatic heterocycles. The molecule has 1 N–H and O–H groups in total. The molecule has 0 aliphatic rings. The van der Waals surface area contributed by atoms with E-state index in [2.05, 4.69) is 66.2 Å². The van der Waals surface area contributed by atoms with E-state index in [1.807, 2.05) is 6.20 Å². The highest BCUT2D eigenvalue weighted by molar-refractivity contribution is 5.27. The zero-order chi connectivity index (χ0) is 14.4. The molecule has 3 nitrogen and oxygen atoms in total. The monoisotopic (exact) mass is 271 g/mol. The lowest BCUT2D eigenvalue weighted by atomic mass is 9.99. The Hall–Kier alpha value is -1.61. The molecular formula is C17H25N3. The van der Waals surface area contributed by atoms with Gasteiger partial charge in [-0.3, -0.25) is 4.68 Å². The lowest BCUT2D eigenvalue weighted by Crippen LogP contribution is -2.26. The molecule has 0 radical (unpaired) electrons. The van der Waals surface area contributed by atoms with Gasteiger partial charge in [0.2, 0.25) is 0 Å². The SMILES string of the molecule is CCCNC(Cc1ccccc1C)c1ccnn1CC. The minimum Gasteiger partial charge on any atom is -0.308 e. The van der Waals surface area contributed by atoms with Crippen molar-refractivity contribution in [3.8, 4) is 0 Å². The van der Waals surface area contributed by atoms with E-state index in [0.717, 1.165) is 25.9 Å². The summed E-state index contributed by atoms with van der Waals surface area (Å²) in [6.45, 7) is 8.48. The molecule has 0 fully saturated rings. The van der Waals surface area contributed by atoms with Crippen LogP contribution in [0.15, 0.2) is 36.5 Å². The summed E-state index contributed by atoms with van der Waals surface area (Å²) in [5, 5.41) is 8.07. The smallest absolute Gasteiger partial charge is 0.0556 e. The van der Waals surface area contributed by atoms with E-state index >= 15 is 0 Å². The van der Waals surface area contributed by atoms with Crippen molar-refractivity contribution in [1.29, 1.82) is 0 Å². The summed E-state index contributed by atoms with van der Waals surface area (Å²) in [7, 11) is 0. The van der Waals surface area contributed by atoms with E-state index in [0.29, 0.717) is 6.04 Å². The van der Waals surface area contributed by atoms with Crippen molar-refractivity contribution < 1.29 is 0 Å². The molecule has 20 heavy (non-hydrogen) atoms. The zero-order valence-corrected chi connectivity index (χ0v) is 12.8. The molecule has 1 aromatic heterocycles. The first-order valence-electron chi connectivity index (χ1n) is 7.55. The lowest BCUT2D eigenvalue weighted by molar-refractivity contribution is 0.478. The van der Waals surface area contributed by atoms with E-state index in [-0.39, 0.29) is 0 Å². The maximum Gasteiger partial charge on any atom is 0.0556 e. The molecule has 0 amide bonds. The highest BCUT2D eigenvalue weighted by Crippen LogP contribution is 2.20. The average Bonchev–Trinajstić information content (AvgIpc) is 2.93. The first-order chi connectivity index (χ1) is 9.76. The number of hydrogen-bond donors (Lipinski definition) is 1. The van der Waals surface area contributed by atoms with Gasteiger partial charge in [0, 0.05) is 12.7 Å². The zero-order valence-electron chi connectivity index (χ0n) is 12.8. The minimum absolute atomic E-state index is 0.332. The Morgan fingerprint density at radius 2 is 2.00 bits per heavy atom. The van der Waals surface area contributed by atoms with E-state index < -0.39 is 0 Å². The fraction of sp³-hybridized carbons (Fsp3) is 0.471. The van der Waals surface area contributed by atoms with Gasteiger partial charge in [0.1, 0.15) is 0 Å². The summed E-state index contributed by atoms with van der Waals surface area (Å²) in [5.74, 6) is 0. The number of nitrogens with zero attached hydrogens (tertiary/aromatic N) is 2. The van der Waals surface area contributed by atoms with Gasteiger partial charge < -0.3 is 5.32 Å². The molecule has 0 bridgehead atoms. The molecule has 0 spiro atoms. The number of aromatic nitrogens is 2. The summed E-state index contributed by atoms with van der Waals surface area (Å²) in [6.07, 6.45) is 4.06. The third-order valence-corrected chi connectivity index (χ3v) is 3.73. The topological polar surface area (TPSA) is 29.9 Å². The molecule has 2 rings (SSSR count). The molecule has 1 heterocycles. The minimum atomic E-state index is 0.332. The van der Waals surface area contributed by atoms with Gasteiger partial charge >= 0.3 is 0 Å². The van der Waals surface area contributed by atoms with Crippen molar-refractivity contribution in [3.63, 3.8) is 0 Å². The van der Waals surface area contributed by atoms with Gasteiger partial charge in [0.15, 0.2) is 0 Å². The molecule has 1 atom stereocenters. The number of rotatable bonds is 7. The van der Waals surface area contributed by atoms with Gasteiger partial charge in [-0.15, -0.1) is 0 Å². The fourth-order valence-electron chi connectivity index (χ4n) is 2.56. The van der Waals surface area contributed by atoms with Crippen LogP contribution in [0.1, 0.15) is 43.1 Å². The van der Waals surface area contributed by atoms with Crippen LogP contribution in [0.2, 0.25) is 0 Å². The number of benzene rings is 1. The van der Waals surface area contributed by atoms with E-state index in [4.69, 9.17) is 0 Å². The van der Waals surface area contributed by atoms with Gasteiger partial charge in [0.25, 0.3) is 0 Å². The van der Waals surface area contributed by atoms with Crippen molar-refractivity contribution in [2.24, 2.45) is 0 Å². The highest BCUT2D eigenvalue weighted by Gasteiger charge is 2.16. The van der Waals surface area contributed by atoms with Crippen molar-refractivity contribution >= 4 is 0 Å². The summed E-state index contributed by atoms with van der Waals surface area (Å²) in [5.41, 5.74) is 4.05. The van der Waals surface area contributed by atoms with Crippen LogP contribution in [0.3, 0.4) is 0 Å². The standard InChI is InChI=1S/C17H25N3/c1-4-11-18-16(17-10-12-19-20(17)5-2)13-15-9-7-6-8-14(15)3/h6-10,12,16,18H,4-5,11,13H2,1-3H3. The summed E-state index contributed by atoms with van der Waals surface area (Å²) in [4.78, 5) is 0. The van der Waals surface area contributed by atoms with Crippen molar-refractivity contribution in [3.05, 3.63) is 53.3 Å². The largest absolute Gasteiger partial charge is 0.308 e. The quantitative estimate of drug-likeness (QED) is 0.835. The molecule has 1 aromatic carbocycles. The predicted octanol–water partition coefficient (Wildman–Crippen LogP) is 3.49. The van der Waals surface area contributed by atoms with Crippen LogP contribution in [0.25, 0.3) is 0 Å². The van der Waals surface area contributed by atoms with Gasteiger partial charge in [-0.25, -0.2) is 0 Å². The maximum absolute atomic E-state index is 4.40. The third kappa shape index (κ3) is 3.48. The van der Waals surface area contributed by atoms with Crippen molar-refractivity contribution in [2.75, 3.05) is 6.54 Å². The highest BCUT2D eigenvalue weighted by atomic mass is 15.3. The Bertz CT molecular complexity index is 531. The van der Waals surface area contributed by atoms with Crippen LogP contribution >= 0.6 is 0 Å². The fourth-order valence-corrected chi connectivity index (χ4v) is 2.56. The first kappa shape index (κ1) is 14.8. The number of hydrogen-bond acceptors (Lipinski definition) is 2. The molecule has 0 saturated carbocycles. The van der Waals surface area contributed by atoms with Gasteiger partial charge in [0.05, 0.1) is 11.7 Å². The summed E-state index contributed by atoms with van der Waals surface area (Å²) < 4.78 is 2.09. The van der Waals surface area contributed by atoms with E-state index in [1.165, 1.54) is 16.8 Å². The lowest BCUT2D eigenvalue weighted by Gasteiger charge is -2.20. The Morgan fingerprint density at radius 1 is 1.20 bits per heavy atom. The Labute approximate surface area is 122 Å². The van der Waals surface area contributed by atoms with Crippen LogP contribution in [0.4, 0.5) is 0 Å². The van der Waals surface area contributed by atoms with Crippen LogP contribution in [0, 0.1) is 6.92 Å². The summed E-state index contributed by atoms with van der Waals surface area (Å²) in [6, 6.07) is 11.1. The Balaban J connectivity index is 2.22. The second-order valence-electron chi connectivity index (χ2n) is 5.21. The first-order valence-corrected chi connectivity index (χ1v) is 7.55. The van der Waals surface area contributed by atoms with Gasteiger partial charge in [-0.05, 0) is 50.4 Å². The molecule has 108 valence electrons. The molecule has 0 aliphatic carbocycles. The van der Waals surface area contributed by atoms with E-state index in [1.54, 1.807) is 0 Å². The normalized spacial score (nSPS) is 12.6. The number of nitrogens with one attached hydrogen (secondary N) is 1. The van der Waals surface area contributed by atoms with Crippen LogP contribution in [-0.4, -0.2) is 16.3 Å². The molecule has 1 unspecified atom stereocenters. The molecule has 3 heteroatoms. The van der Waals surface area contributed by atoms with Crippen LogP contribution < -0.4 is 5.32 Å². The second-order valence-corrected chi connectivity index (χ2v) is 5.21. The summed E-state index contributed by atoms with van der Waals surface area (Å²) >= 11 is 0. The van der Waals surface area contributed by atoms with Gasteiger partial charge in [-0.1, -0.05) is 31.2 Å². The van der Waals surface area contributed by atoms with Crippen LogP contribution in [-0.2, 0) is 13.0 Å². The van der Waals surface area contributed by atoms with Crippen molar-refractivity contribution in [2.45, 2.75) is 46.2 Å². The van der Waals surface area contributed by atoms with Gasteiger partial charge in [-0.2, -0.15) is 5.10 Å². The molecule has 0 saturated heterocycles. The third-order valence-electron chi connectivity index (χ3n) is 3.73. The maximum atomic E-state index is 4.40. The average molecular weight is 271 g/mol. The second kappa shape index (κ2) is 7.25. The van der Waals surface area contributed by atoms with E-state index in [9.17, 15) is 0 Å². The Morgan fingerprint density at radius 3 is 2.70 bits per heavy atom. The predicted molar refractivity (Wildman–Crippen MR) is 83.8 cm³/mol. The van der Waals surface area contributed by atoms with Crippen LogP contribution in [0.5, 0.6) is 0 Å². The molecular weight excluding hydrogens is 246 g/mol.